The highest BCUT2D eigenvalue weighted by atomic mass is 32.2. The lowest BCUT2D eigenvalue weighted by Crippen LogP contribution is -2.51. The molecule has 0 unspecified atom stereocenters. The maximum Gasteiger partial charge on any atom is 0.253 e. The molecule has 8 heteroatoms. The van der Waals surface area contributed by atoms with Crippen LogP contribution in [0.3, 0.4) is 0 Å². The van der Waals surface area contributed by atoms with Crippen molar-refractivity contribution >= 4 is 15.9 Å². The Labute approximate surface area is 159 Å². The summed E-state index contributed by atoms with van der Waals surface area (Å²) < 4.78 is 27.7. The zero-order valence-corrected chi connectivity index (χ0v) is 16.1. The fraction of sp³-hybridized carbons (Fsp3) is 0.368. The minimum atomic E-state index is -3.68. The molecule has 0 spiro atoms. The van der Waals surface area contributed by atoms with E-state index in [1.165, 1.54) is 12.1 Å². The molecule has 0 bridgehead atoms. The summed E-state index contributed by atoms with van der Waals surface area (Å²) in [5, 5.41) is 3.29. The van der Waals surface area contributed by atoms with Gasteiger partial charge in [-0.15, -0.1) is 0 Å². The first-order valence-electron chi connectivity index (χ1n) is 8.97. The van der Waals surface area contributed by atoms with Crippen molar-refractivity contribution in [2.75, 3.05) is 26.2 Å². The molecule has 1 aliphatic heterocycles. The summed E-state index contributed by atoms with van der Waals surface area (Å²) in [6, 6.07) is 10.2. The molecule has 1 aliphatic rings. The zero-order chi connectivity index (χ0) is 19.3. The van der Waals surface area contributed by atoms with Crippen LogP contribution in [0.2, 0.25) is 0 Å². The average molecular weight is 388 g/mol. The molecule has 144 valence electrons. The Kier molecular flexibility index (Phi) is 6.20. The van der Waals surface area contributed by atoms with Crippen LogP contribution >= 0.6 is 0 Å². The van der Waals surface area contributed by atoms with Crippen LogP contribution in [-0.4, -0.2) is 56.4 Å². The van der Waals surface area contributed by atoms with Crippen molar-refractivity contribution in [2.24, 2.45) is 0 Å². The number of nitrogens with zero attached hydrogens (tertiary/aromatic N) is 2. The van der Waals surface area contributed by atoms with Crippen LogP contribution in [0.25, 0.3) is 0 Å². The summed E-state index contributed by atoms with van der Waals surface area (Å²) in [7, 11) is -3.68. The second-order valence-electron chi connectivity index (χ2n) is 6.64. The summed E-state index contributed by atoms with van der Waals surface area (Å²) in [5.41, 5.74) is 1.34. The molecular weight excluding hydrogens is 364 g/mol. The molecule has 1 fully saturated rings. The molecule has 1 saturated heterocycles. The largest absolute Gasteiger partial charge is 0.336 e. The minimum absolute atomic E-state index is 0.0997. The fourth-order valence-corrected chi connectivity index (χ4v) is 4.13. The van der Waals surface area contributed by atoms with Gasteiger partial charge in [-0.3, -0.25) is 9.78 Å². The number of sulfonamides is 1. The van der Waals surface area contributed by atoms with Crippen molar-refractivity contribution < 1.29 is 13.2 Å². The highest BCUT2D eigenvalue weighted by molar-refractivity contribution is 7.89. The van der Waals surface area contributed by atoms with Gasteiger partial charge in [-0.25, -0.2) is 13.1 Å². The van der Waals surface area contributed by atoms with E-state index in [4.69, 9.17) is 0 Å². The number of nitrogens with one attached hydrogen (secondary N) is 2. The molecule has 1 atom stereocenters. The van der Waals surface area contributed by atoms with Gasteiger partial charge < -0.3 is 10.2 Å². The van der Waals surface area contributed by atoms with E-state index in [0.717, 1.165) is 12.1 Å². The quantitative estimate of drug-likeness (QED) is 0.771. The summed E-state index contributed by atoms with van der Waals surface area (Å²) in [5.74, 6) is -0.143. The summed E-state index contributed by atoms with van der Waals surface area (Å²) in [6.45, 7) is 4.25. The molecule has 2 heterocycles. The molecule has 1 amide bonds. The van der Waals surface area contributed by atoms with Gasteiger partial charge in [0.2, 0.25) is 10.0 Å². The lowest BCUT2D eigenvalue weighted by Gasteiger charge is -2.32. The number of carbonyl (C=O) groups is 1. The Bertz CT molecular complexity index is 887. The van der Waals surface area contributed by atoms with E-state index in [-0.39, 0.29) is 23.4 Å². The van der Waals surface area contributed by atoms with Gasteiger partial charge in [-0.1, -0.05) is 12.1 Å². The van der Waals surface area contributed by atoms with Crippen LogP contribution in [0.15, 0.2) is 53.7 Å². The van der Waals surface area contributed by atoms with Gasteiger partial charge in [-0.2, -0.15) is 0 Å². The second-order valence-corrected chi connectivity index (χ2v) is 8.41. The van der Waals surface area contributed by atoms with Gasteiger partial charge in [-0.05, 0) is 43.2 Å². The standard InChI is InChI=1S/C19H24N4O3S/c1-15-14-23(11-10-21-15)19(24)17-5-2-6-18(12-17)27(25,26)22-9-7-16-4-3-8-20-13-16/h2-6,8,12-13,15,21-22H,7,9-11,14H2,1H3/t15-/m1/s1. The molecule has 0 saturated carbocycles. The first-order chi connectivity index (χ1) is 13.0. The first kappa shape index (κ1) is 19.5. The van der Waals surface area contributed by atoms with Crippen molar-refractivity contribution in [1.29, 1.82) is 0 Å². The number of piperazine rings is 1. The fourth-order valence-electron chi connectivity index (χ4n) is 3.05. The third-order valence-corrected chi connectivity index (χ3v) is 5.93. The SMILES string of the molecule is C[C@@H]1CN(C(=O)c2cccc(S(=O)(=O)NCCc3cccnc3)c2)CCN1. The molecular formula is C19H24N4O3S. The van der Waals surface area contributed by atoms with Crippen molar-refractivity contribution in [3.8, 4) is 0 Å². The van der Waals surface area contributed by atoms with Crippen molar-refractivity contribution in [3.63, 3.8) is 0 Å². The van der Waals surface area contributed by atoms with Crippen LogP contribution in [0.4, 0.5) is 0 Å². The van der Waals surface area contributed by atoms with E-state index in [9.17, 15) is 13.2 Å². The number of amides is 1. The van der Waals surface area contributed by atoms with E-state index in [1.54, 1.807) is 29.4 Å². The number of rotatable bonds is 6. The van der Waals surface area contributed by atoms with E-state index < -0.39 is 10.0 Å². The maximum atomic E-state index is 12.7. The predicted molar refractivity (Wildman–Crippen MR) is 103 cm³/mol. The molecule has 3 rings (SSSR count). The number of carbonyl (C=O) groups excluding carboxylic acids is 1. The summed E-state index contributed by atoms with van der Waals surface area (Å²) >= 11 is 0. The first-order valence-corrected chi connectivity index (χ1v) is 10.5. The topological polar surface area (TPSA) is 91.4 Å². The maximum absolute atomic E-state index is 12.7. The normalized spacial score (nSPS) is 17.7. The Hall–Kier alpha value is -2.29. The number of pyridine rings is 1. The van der Waals surface area contributed by atoms with E-state index >= 15 is 0 Å². The Balaban J connectivity index is 1.67. The third-order valence-electron chi connectivity index (χ3n) is 4.48. The van der Waals surface area contributed by atoms with E-state index in [0.29, 0.717) is 25.1 Å². The van der Waals surface area contributed by atoms with Crippen LogP contribution in [-0.2, 0) is 16.4 Å². The number of hydrogen-bond donors (Lipinski definition) is 2. The Morgan fingerprint density at radius 2 is 2.19 bits per heavy atom. The molecule has 1 aromatic carbocycles. The van der Waals surface area contributed by atoms with Crippen molar-refractivity contribution in [2.45, 2.75) is 24.3 Å². The zero-order valence-electron chi connectivity index (χ0n) is 15.3. The molecule has 0 radical (unpaired) electrons. The summed E-state index contributed by atoms with van der Waals surface area (Å²) in [6.07, 6.45) is 3.93. The van der Waals surface area contributed by atoms with E-state index in [2.05, 4.69) is 15.0 Å². The highest BCUT2D eigenvalue weighted by Gasteiger charge is 2.23. The molecule has 1 aromatic heterocycles. The van der Waals surface area contributed by atoms with Crippen molar-refractivity contribution in [3.05, 3.63) is 59.9 Å². The lowest BCUT2D eigenvalue weighted by molar-refractivity contribution is 0.0709. The smallest absolute Gasteiger partial charge is 0.253 e. The van der Waals surface area contributed by atoms with Gasteiger partial charge >= 0.3 is 0 Å². The second kappa shape index (κ2) is 8.60. The molecule has 2 N–H and O–H groups in total. The van der Waals surface area contributed by atoms with Gasteiger partial charge in [0, 0.05) is 50.2 Å². The minimum Gasteiger partial charge on any atom is -0.336 e. The molecule has 27 heavy (non-hydrogen) atoms. The van der Waals surface area contributed by atoms with E-state index in [1.807, 2.05) is 19.1 Å². The third kappa shape index (κ3) is 5.12. The van der Waals surface area contributed by atoms with Gasteiger partial charge in [0.15, 0.2) is 0 Å². The van der Waals surface area contributed by atoms with Gasteiger partial charge in [0.05, 0.1) is 4.90 Å². The average Bonchev–Trinajstić information content (AvgIpc) is 2.68. The Morgan fingerprint density at radius 3 is 2.93 bits per heavy atom. The number of benzene rings is 1. The molecule has 0 aliphatic carbocycles. The van der Waals surface area contributed by atoms with Crippen LogP contribution in [0.1, 0.15) is 22.8 Å². The van der Waals surface area contributed by atoms with Gasteiger partial charge in [0.1, 0.15) is 0 Å². The van der Waals surface area contributed by atoms with Gasteiger partial charge in [0.25, 0.3) is 5.91 Å². The monoisotopic (exact) mass is 388 g/mol. The highest BCUT2D eigenvalue weighted by Crippen LogP contribution is 2.14. The number of hydrogen-bond acceptors (Lipinski definition) is 5. The molecule has 7 nitrogen and oxygen atoms in total. The Morgan fingerprint density at radius 1 is 1.33 bits per heavy atom. The van der Waals surface area contributed by atoms with Crippen molar-refractivity contribution in [1.82, 2.24) is 19.9 Å². The van der Waals surface area contributed by atoms with Crippen LogP contribution in [0, 0.1) is 0 Å². The lowest BCUT2D eigenvalue weighted by atomic mass is 10.1. The van der Waals surface area contributed by atoms with Crippen LogP contribution < -0.4 is 10.0 Å². The number of aromatic nitrogens is 1. The van der Waals surface area contributed by atoms with Crippen LogP contribution in [0.5, 0.6) is 0 Å². The predicted octanol–water partition coefficient (Wildman–Crippen LogP) is 1.04. The summed E-state index contributed by atoms with van der Waals surface area (Å²) in [4.78, 5) is 18.6. The molecule has 2 aromatic rings.